The third kappa shape index (κ3) is 6.88. The van der Waals surface area contributed by atoms with Gasteiger partial charge in [-0.3, -0.25) is 4.79 Å². The lowest BCUT2D eigenvalue weighted by atomic mass is 10.1. The van der Waals surface area contributed by atoms with Crippen LogP contribution in [-0.4, -0.2) is 46.2 Å². The van der Waals surface area contributed by atoms with Gasteiger partial charge in [-0.1, -0.05) is 29.4 Å². The van der Waals surface area contributed by atoms with E-state index < -0.39 is 0 Å². The maximum atomic E-state index is 12.4. The minimum atomic E-state index is -0.0466. The van der Waals surface area contributed by atoms with Crippen LogP contribution < -0.4 is 14.8 Å². The lowest BCUT2D eigenvalue weighted by Crippen LogP contribution is -2.27. The monoisotopic (exact) mass is 488 g/mol. The van der Waals surface area contributed by atoms with Gasteiger partial charge in [-0.05, 0) is 69.2 Å². The highest BCUT2D eigenvalue weighted by molar-refractivity contribution is 7.99. The average molecular weight is 489 g/mol. The molecule has 0 aliphatic heterocycles. The van der Waals surface area contributed by atoms with E-state index in [-0.39, 0.29) is 11.7 Å². The molecule has 1 heterocycles. The average Bonchev–Trinajstić information content (AvgIpc) is 3.23. The van der Waals surface area contributed by atoms with Crippen LogP contribution in [0.15, 0.2) is 47.6 Å². The van der Waals surface area contributed by atoms with Crippen LogP contribution in [0.1, 0.15) is 26.3 Å². The predicted octanol–water partition coefficient (Wildman–Crippen LogP) is 4.87. The quantitative estimate of drug-likeness (QED) is 0.366. The number of ether oxygens (including phenoxy) is 2. The first-order valence-electron chi connectivity index (χ1n) is 11.0. The molecule has 2 aromatic carbocycles. The number of hydrogen-bond donors (Lipinski definition) is 1. The van der Waals surface area contributed by atoms with E-state index in [0.717, 1.165) is 28.5 Å². The Morgan fingerprint density at radius 1 is 1.03 bits per heavy atom. The van der Waals surface area contributed by atoms with E-state index in [1.165, 1.54) is 11.8 Å². The van der Waals surface area contributed by atoms with Crippen molar-refractivity contribution < 1.29 is 14.3 Å². The molecule has 0 radical (unpaired) electrons. The van der Waals surface area contributed by atoms with Gasteiger partial charge in [-0.15, -0.1) is 10.2 Å². The Hall–Kier alpha value is -2.71. The van der Waals surface area contributed by atoms with Crippen LogP contribution in [0.25, 0.3) is 11.4 Å². The summed E-state index contributed by atoms with van der Waals surface area (Å²) in [5.74, 6) is 2.45. The molecule has 3 aromatic rings. The normalized spacial score (nSPS) is 10.8. The minimum absolute atomic E-state index is 0.0466. The summed E-state index contributed by atoms with van der Waals surface area (Å²) in [6, 6.07) is 13.4. The van der Waals surface area contributed by atoms with Crippen molar-refractivity contribution in [1.82, 2.24) is 20.1 Å². The fourth-order valence-electron chi connectivity index (χ4n) is 3.27. The van der Waals surface area contributed by atoms with Gasteiger partial charge < -0.3 is 19.4 Å². The van der Waals surface area contributed by atoms with E-state index in [4.69, 9.17) is 21.1 Å². The van der Waals surface area contributed by atoms with Crippen molar-refractivity contribution >= 4 is 29.3 Å². The van der Waals surface area contributed by atoms with Crippen LogP contribution in [0.2, 0.25) is 5.02 Å². The first-order valence-corrected chi connectivity index (χ1v) is 12.4. The molecule has 0 atom stereocenters. The first-order chi connectivity index (χ1) is 16.0. The second kappa shape index (κ2) is 12.5. The fourth-order valence-corrected chi connectivity index (χ4v) is 4.23. The summed E-state index contributed by atoms with van der Waals surface area (Å²) in [7, 11) is 0. The number of nitrogens with one attached hydrogen (secondary N) is 1. The lowest BCUT2D eigenvalue weighted by Gasteiger charge is -2.12. The highest BCUT2D eigenvalue weighted by Gasteiger charge is 2.14. The molecule has 1 N–H and O–H groups in total. The Balaban J connectivity index is 1.52. The van der Waals surface area contributed by atoms with Gasteiger partial charge in [0.1, 0.15) is 0 Å². The molecule has 0 bridgehead atoms. The predicted molar refractivity (Wildman–Crippen MR) is 132 cm³/mol. The molecule has 9 heteroatoms. The van der Waals surface area contributed by atoms with E-state index in [1.54, 1.807) is 0 Å². The summed E-state index contributed by atoms with van der Waals surface area (Å²) in [5.41, 5.74) is 2.01. The van der Waals surface area contributed by atoms with Crippen LogP contribution in [-0.2, 0) is 17.8 Å². The fraction of sp³-hybridized carbons (Fsp3) is 0.375. The number of halogens is 1. The number of carbonyl (C=O) groups excluding carboxylic acids is 1. The number of nitrogens with zero attached hydrogens (tertiary/aromatic N) is 3. The van der Waals surface area contributed by atoms with E-state index in [9.17, 15) is 4.79 Å². The molecular formula is C24H29ClN4O3S. The summed E-state index contributed by atoms with van der Waals surface area (Å²) < 4.78 is 13.3. The number of hydrogen-bond acceptors (Lipinski definition) is 6. The van der Waals surface area contributed by atoms with Crippen molar-refractivity contribution in [2.45, 2.75) is 38.9 Å². The highest BCUT2D eigenvalue weighted by atomic mass is 35.5. The topological polar surface area (TPSA) is 78.3 Å². The van der Waals surface area contributed by atoms with Crippen LogP contribution in [0.3, 0.4) is 0 Å². The molecule has 3 rings (SSSR count). The van der Waals surface area contributed by atoms with Gasteiger partial charge in [0.15, 0.2) is 22.5 Å². The van der Waals surface area contributed by atoms with E-state index in [1.807, 2.05) is 67.8 Å². The molecule has 0 saturated carbocycles. The maximum Gasteiger partial charge on any atom is 0.230 e. The van der Waals surface area contributed by atoms with Crippen LogP contribution in [0, 0.1) is 0 Å². The largest absolute Gasteiger partial charge is 0.490 e. The van der Waals surface area contributed by atoms with Gasteiger partial charge in [0, 0.05) is 23.7 Å². The van der Waals surface area contributed by atoms with Crippen LogP contribution in [0.4, 0.5) is 0 Å². The summed E-state index contributed by atoms with van der Waals surface area (Å²) >= 11 is 7.36. The van der Waals surface area contributed by atoms with Gasteiger partial charge in [-0.2, -0.15) is 0 Å². The molecule has 33 heavy (non-hydrogen) atoms. The Morgan fingerprint density at radius 2 is 1.76 bits per heavy atom. The number of rotatable bonds is 12. The second-order valence-corrected chi connectivity index (χ2v) is 8.47. The Kier molecular flexibility index (Phi) is 9.45. The maximum absolute atomic E-state index is 12.4. The molecule has 0 aliphatic carbocycles. The Bertz CT molecular complexity index is 1060. The molecule has 0 fully saturated rings. The third-order valence-corrected chi connectivity index (χ3v) is 6.03. The van der Waals surface area contributed by atoms with Crippen LogP contribution in [0.5, 0.6) is 11.5 Å². The van der Waals surface area contributed by atoms with Gasteiger partial charge in [0.05, 0.1) is 19.0 Å². The molecule has 176 valence electrons. The van der Waals surface area contributed by atoms with E-state index in [0.29, 0.717) is 42.9 Å². The summed E-state index contributed by atoms with van der Waals surface area (Å²) in [4.78, 5) is 12.4. The molecule has 1 amide bonds. The molecule has 0 aliphatic rings. The smallest absolute Gasteiger partial charge is 0.230 e. The zero-order valence-electron chi connectivity index (χ0n) is 19.1. The number of benzene rings is 2. The summed E-state index contributed by atoms with van der Waals surface area (Å²) in [6.45, 7) is 8.31. The highest BCUT2D eigenvalue weighted by Crippen LogP contribution is 2.29. The summed E-state index contributed by atoms with van der Waals surface area (Å²) in [5, 5.41) is 12.9. The lowest BCUT2D eigenvalue weighted by molar-refractivity contribution is -0.118. The van der Waals surface area contributed by atoms with Crippen molar-refractivity contribution in [1.29, 1.82) is 0 Å². The van der Waals surface area contributed by atoms with E-state index in [2.05, 4.69) is 15.5 Å². The first kappa shape index (κ1) is 24.9. The Morgan fingerprint density at radius 3 is 2.45 bits per heavy atom. The second-order valence-electron chi connectivity index (χ2n) is 7.09. The minimum Gasteiger partial charge on any atom is -0.490 e. The molecule has 1 aromatic heterocycles. The zero-order valence-corrected chi connectivity index (χ0v) is 20.7. The number of thioether (sulfide) groups is 1. The summed E-state index contributed by atoms with van der Waals surface area (Å²) in [6.07, 6.45) is 0.703. The van der Waals surface area contributed by atoms with E-state index >= 15 is 0 Å². The molecule has 0 unspecified atom stereocenters. The third-order valence-electron chi connectivity index (χ3n) is 4.81. The van der Waals surface area contributed by atoms with Crippen molar-refractivity contribution in [3.63, 3.8) is 0 Å². The van der Waals surface area contributed by atoms with Gasteiger partial charge in [0.25, 0.3) is 0 Å². The van der Waals surface area contributed by atoms with Crippen molar-refractivity contribution in [3.05, 3.63) is 53.1 Å². The molecule has 0 spiro atoms. The molecular weight excluding hydrogens is 460 g/mol. The number of amides is 1. The van der Waals surface area contributed by atoms with Crippen molar-refractivity contribution in [3.8, 4) is 22.9 Å². The Labute approximate surface area is 203 Å². The zero-order chi connectivity index (χ0) is 23.6. The SMILES string of the molecule is CCOc1ccc(CCNC(=O)CSc2nnc(-c3ccc(Cl)cc3)n2CC)cc1OCC. The van der Waals surface area contributed by atoms with Gasteiger partial charge in [-0.25, -0.2) is 0 Å². The van der Waals surface area contributed by atoms with Gasteiger partial charge in [0.2, 0.25) is 5.91 Å². The standard InChI is InChI=1S/C24H29ClN4O3S/c1-4-29-23(18-8-10-19(25)11-9-18)27-28-24(29)33-16-22(30)26-14-13-17-7-12-20(31-5-2)21(15-17)32-6-3/h7-12,15H,4-6,13-14,16H2,1-3H3,(H,26,30). The van der Waals surface area contributed by atoms with Crippen molar-refractivity contribution in [2.24, 2.45) is 0 Å². The number of carbonyl (C=O) groups is 1. The van der Waals surface area contributed by atoms with Crippen LogP contribution >= 0.6 is 23.4 Å². The van der Waals surface area contributed by atoms with Crippen molar-refractivity contribution in [2.75, 3.05) is 25.5 Å². The van der Waals surface area contributed by atoms with Gasteiger partial charge >= 0.3 is 0 Å². The molecule has 7 nitrogen and oxygen atoms in total. The number of aromatic nitrogens is 3. The molecule has 0 saturated heterocycles.